The van der Waals surface area contributed by atoms with Crippen LogP contribution in [0, 0.1) is 11.2 Å². The van der Waals surface area contributed by atoms with Crippen LogP contribution in [0.4, 0.5) is 10.1 Å². The van der Waals surface area contributed by atoms with Crippen molar-refractivity contribution in [2.24, 2.45) is 5.41 Å². The minimum Gasteiger partial charge on any atom is -0.360 e. The first-order valence-corrected chi connectivity index (χ1v) is 9.37. The molecular formula is C22H19ClFNO3. The van der Waals surface area contributed by atoms with Gasteiger partial charge in [0.2, 0.25) is 11.5 Å². The molecule has 1 heterocycles. The van der Waals surface area contributed by atoms with E-state index in [1.165, 1.54) is 29.2 Å². The molecule has 4 nitrogen and oxygen atoms in total. The number of anilines is 1. The Morgan fingerprint density at radius 1 is 1.00 bits per heavy atom. The van der Waals surface area contributed by atoms with Crippen LogP contribution in [0.2, 0.25) is 5.02 Å². The average Bonchev–Trinajstić information content (AvgIpc) is 2.84. The number of ketones is 2. The Morgan fingerprint density at radius 3 is 2.21 bits per heavy atom. The Bertz CT molecular complexity index is 1010. The van der Waals surface area contributed by atoms with Crippen LogP contribution in [0.1, 0.15) is 32.3 Å². The molecule has 2 aromatic rings. The van der Waals surface area contributed by atoms with Crippen molar-refractivity contribution in [3.8, 4) is 0 Å². The average molecular weight is 400 g/mol. The van der Waals surface area contributed by atoms with Gasteiger partial charge in [0.05, 0.1) is 5.57 Å². The summed E-state index contributed by atoms with van der Waals surface area (Å²) in [5.41, 5.74) is -1.23. The minimum atomic E-state index is -2.12. The molecule has 6 heteroatoms. The number of rotatable bonds is 2. The third-order valence-corrected chi connectivity index (χ3v) is 5.57. The Balaban J connectivity index is 1.96. The first-order chi connectivity index (χ1) is 13.1. The van der Waals surface area contributed by atoms with Crippen molar-refractivity contribution in [2.75, 3.05) is 4.90 Å². The number of allylic oxidation sites excluding steroid dienone is 1. The Labute approximate surface area is 167 Å². The molecule has 1 aliphatic heterocycles. The zero-order valence-corrected chi connectivity index (χ0v) is 16.3. The van der Waals surface area contributed by atoms with Crippen molar-refractivity contribution in [1.29, 1.82) is 0 Å². The molecule has 0 saturated carbocycles. The number of aliphatic hydroxyl groups is 1. The highest BCUT2D eigenvalue weighted by atomic mass is 35.5. The maximum absolute atomic E-state index is 13.5. The van der Waals surface area contributed by atoms with E-state index in [1.54, 1.807) is 24.3 Å². The lowest BCUT2D eigenvalue weighted by Crippen LogP contribution is -2.47. The van der Waals surface area contributed by atoms with Crippen molar-refractivity contribution in [2.45, 2.75) is 32.4 Å². The topological polar surface area (TPSA) is 57.6 Å². The number of hydrogen-bond donors (Lipinski definition) is 1. The van der Waals surface area contributed by atoms with Crippen LogP contribution in [-0.4, -0.2) is 16.7 Å². The van der Waals surface area contributed by atoms with Gasteiger partial charge in [0.25, 0.3) is 0 Å². The van der Waals surface area contributed by atoms with Gasteiger partial charge < -0.3 is 10.0 Å². The molecule has 0 fully saturated rings. The zero-order chi connectivity index (χ0) is 20.3. The van der Waals surface area contributed by atoms with E-state index in [0.29, 0.717) is 22.8 Å². The van der Waals surface area contributed by atoms with Gasteiger partial charge in [0, 0.05) is 28.4 Å². The van der Waals surface area contributed by atoms with Gasteiger partial charge in [0.1, 0.15) is 5.82 Å². The van der Waals surface area contributed by atoms with Gasteiger partial charge in [0.15, 0.2) is 5.78 Å². The molecule has 0 saturated heterocycles. The molecular weight excluding hydrogens is 381 g/mol. The van der Waals surface area contributed by atoms with Crippen molar-refractivity contribution in [3.63, 3.8) is 0 Å². The van der Waals surface area contributed by atoms with Crippen molar-refractivity contribution < 1.29 is 19.1 Å². The van der Waals surface area contributed by atoms with Gasteiger partial charge in [-0.2, -0.15) is 0 Å². The van der Waals surface area contributed by atoms with E-state index in [0.717, 1.165) is 0 Å². The molecule has 1 N–H and O–H groups in total. The summed E-state index contributed by atoms with van der Waals surface area (Å²) in [5, 5.41) is 12.2. The highest BCUT2D eigenvalue weighted by Crippen LogP contribution is 2.50. The zero-order valence-electron chi connectivity index (χ0n) is 15.5. The summed E-state index contributed by atoms with van der Waals surface area (Å²) >= 11 is 6.00. The van der Waals surface area contributed by atoms with E-state index in [2.05, 4.69) is 0 Å². The molecule has 1 aliphatic carbocycles. The van der Waals surface area contributed by atoms with E-state index in [-0.39, 0.29) is 28.8 Å². The first-order valence-electron chi connectivity index (χ1n) is 8.99. The predicted octanol–water partition coefficient (Wildman–Crippen LogP) is 4.36. The van der Waals surface area contributed by atoms with E-state index in [9.17, 15) is 19.1 Å². The Hall–Kier alpha value is -2.50. The smallest absolute Gasteiger partial charge is 0.234 e. The van der Waals surface area contributed by atoms with Gasteiger partial charge >= 0.3 is 0 Å². The number of carbonyl (C=O) groups excluding carboxylic acids is 2. The third-order valence-electron chi connectivity index (χ3n) is 5.32. The van der Waals surface area contributed by atoms with Crippen LogP contribution in [-0.2, 0) is 15.3 Å². The standard InChI is InChI=1S/C22H19ClFNO3/c1-21(2)11-17-19(18(26)12-21)20(27)22(28,13-3-7-15(24)8-4-13)25(17)16-9-5-14(23)6-10-16/h3-10,28H,11-12H2,1-2H3. The monoisotopic (exact) mass is 399 g/mol. The number of hydrogen-bond acceptors (Lipinski definition) is 4. The molecule has 1 atom stereocenters. The molecule has 0 aromatic heterocycles. The number of benzene rings is 2. The Kier molecular flexibility index (Phi) is 4.21. The van der Waals surface area contributed by atoms with Crippen LogP contribution < -0.4 is 4.90 Å². The fraction of sp³-hybridized carbons (Fsp3) is 0.273. The Morgan fingerprint density at radius 2 is 1.61 bits per heavy atom. The fourth-order valence-electron chi connectivity index (χ4n) is 4.08. The quantitative estimate of drug-likeness (QED) is 0.762. The molecule has 0 bridgehead atoms. The van der Waals surface area contributed by atoms with Crippen molar-refractivity contribution in [1.82, 2.24) is 0 Å². The van der Waals surface area contributed by atoms with E-state index in [1.807, 2.05) is 13.8 Å². The molecule has 4 rings (SSSR count). The van der Waals surface area contributed by atoms with Crippen LogP contribution in [0.15, 0.2) is 59.8 Å². The summed E-state index contributed by atoms with van der Waals surface area (Å²) < 4.78 is 13.5. The second kappa shape index (κ2) is 6.26. The van der Waals surface area contributed by atoms with Gasteiger partial charge in [-0.3, -0.25) is 9.59 Å². The molecule has 0 spiro atoms. The number of halogens is 2. The van der Waals surface area contributed by atoms with E-state index in [4.69, 9.17) is 11.6 Å². The van der Waals surface area contributed by atoms with Crippen LogP contribution in [0.3, 0.4) is 0 Å². The maximum atomic E-state index is 13.5. The minimum absolute atomic E-state index is 0.0288. The summed E-state index contributed by atoms with van der Waals surface area (Å²) in [4.78, 5) is 27.6. The lowest BCUT2D eigenvalue weighted by Gasteiger charge is -2.38. The first kappa shape index (κ1) is 18.8. The molecule has 144 valence electrons. The maximum Gasteiger partial charge on any atom is 0.234 e. The second-order valence-corrected chi connectivity index (χ2v) is 8.52. The molecule has 28 heavy (non-hydrogen) atoms. The van der Waals surface area contributed by atoms with Crippen LogP contribution >= 0.6 is 11.6 Å². The summed E-state index contributed by atoms with van der Waals surface area (Å²) in [7, 11) is 0. The lowest BCUT2D eigenvalue weighted by atomic mass is 9.75. The number of nitrogens with zero attached hydrogens (tertiary/aromatic N) is 1. The van der Waals surface area contributed by atoms with Gasteiger partial charge in [-0.25, -0.2) is 4.39 Å². The van der Waals surface area contributed by atoms with Gasteiger partial charge in [-0.05, 0) is 48.2 Å². The third kappa shape index (κ3) is 2.77. The SMILES string of the molecule is CC1(C)CC(=O)C2=C(C1)N(c1ccc(Cl)cc1)C(O)(c1ccc(F)cc1)C2=O. The van der Waals surface area contributed by atoms with E-state index < -0.39 is 17.3 Å². The molecule has 2 aliphatic rings. The van der Waals surface area contributed by atoms with Crippen molar-refractivity contribution >= 4 is 28.9 Å². The number of carbonyl (C=O) groups is 2. The largest absolute Gasteiger partial charge is 0.360 e. The number of Topliss-reactive ketones (excluding diaryl/α,β-unsaturated/α-hetero) is 2. The van der Waals surface area contributed by atoms with Crippen LogP contribution in [0.5, 0.6) is 0 Å². The summed E-state index contributed by atoms with van der Waals surface area (Å²) in [6.45, 7) is 3.91. The summed E-state index contributed by atoms with van der Waals surface area (Å²) in [6.07, 6.45) is 0.678. The lowest BCUT2D eigenvalue weighted by molar-refractivity contribution is -0.133. The molecule has 1 unspecified atom stereocenters. The van der Waals surface area contributed by atoms with E-state index >= 15 is 0 Å². The van der Waals surface area contributed by atoms with Gasteiger partial charge in [-0.15, -0.1) is 0 Å². The predicted molar refractivity (Wildman–Crippen MR) is 104 cm³/mol. The highest BCUT2D eigenvalue weighted by Gasteiger charge is 2.57. The summed E-state index contributed by atoms with van der Waals surface area (Å²) in [6, 6.07) is 11.8. The van der Waals surface area contributed by atoms with Gasteiger partial charge in [-0.1, -0.05) is 37.6 Å². The van der Waals surface area contributed by atoms with Crippen molar-refractivity contribution in [3.05, 3.63) is 76.2 Å². The molecule has 2 aromatic carbocycles. The van der Waals surface area contributed by atoms with Crippen LogP contribution in [0.25, 0.3) is 0 Å². The second-order valence-electron chi connectivity index (χ2n) is 8.08. The highest BCUT2D eigenvalue weighted by molar-refractivity contribution is 6.30. The molecule has 0 radical (unpaired) electrons. The molecule has 0 amide bonds. The summed E-state index contributed by atoms with van der Waals surface area (Å²) in [5.74, 6) is -1.44. The normalized spacial score (nSPS) is 24.0. The fourth-order valence-corrected chi connectivity index (χ4v) is 4.21.